The van der Waals surface area contributed by atoms with Crippen LogP contribution in [-0.2, 0) is 10.2 Å². The molecule has 0 spiro atoms. The number of nitrogens with zero attached hydrogens (tertiary/aromatic N) is 1. The van der Waals surface area contributed by atoms with Gasteiger partial charge in [0.15, 0.2) is 0 Å². The zero-order valence-corrected chi connectivity index (χ0v) is 12.9. The molecule has 0 radical (unpaired) electrons. The average molecular weight is 289 g/mol. The van der Waals surface area contributed by atoms with Crippen LogP contribution in [-0.4, -0.2) is 43.9 Å². The minimum Gasteiger partial charge on any atom is -0.315 e. The lowest BCUT2D eigenvalue weighted by Gasteiger charge is -2.35. The van der Waals surface area contributed by atoms with Gasteiger partial charge in [-0.15, -0.1) is 0 Å². The largest absolute Gasteiger partial charge is 0.315 e. The molecule has 1 saturated heterocycles. The predicted molar refractivity (Wildman–Crippen MR) is 77.2 cm³/mol. The van der Waals surface area contributed by atoms with Gasteiger partial charge >= 0.3 is 0 Å². The Bertz CT molecular complexity index is 393. The lowest BCUT2D eigenvalue weighted by atomic mass is 10.1. The quantitative estimate of drug-likeness (QED) is 0.693. The fraction of sp³-hybridized carbons (Fsp3) is 1.00. The number of piperidine rings is 1. The Hall–Kier alpha value is -0.170. The van der Waals surface area contributed by atoms with Crippen LogP contribution in [0.1, 0.15) is 52.4 Å². The normalized spacial score (nSPS) is 27.4. The standard InChI is InChI=1S/C13H27N3O2S/c1-3-9-14-11-12-6-4-5-10-16(12)19(17,18)15-13(2)7-8-13/h12,14-15H,3-11H2,1-2H3. The van der Waals surface area contributed by atoms with Crippen molar-refractivity contribution in [2.45, 2.75) is 64.0 Å². The fourth-order valence-corrected chi connectivity index (χ4v) is 4.49. The van der Waals surface area contributed by atoms with Gasteiger partial charge in [0.1, 0.15) is 0 Å². The summed E-state index contributed by atoms with van der Waals surface area (Å²) in [7, 11) is -3.32. The maximum absolute atomic E-state index is 12.5. The molecular weight excluding hydrogens is 262 g/mol. The number of hydrogen-bond acceptors (Lipinski definition) is 3. The molecule has 2 N–H and O–H groups in total. The van der Waals surface area contributed by atoms with Gasteiger partial charge in [0.25, 0.3) is 10.2 Å². The molecule has 6 heteroatoms. The second kappa shape index (κ2) is 6.08. The van der Waals surface area contributed by atoms with Crippen LogP contribution in [0.15, 0.2) is 0 Å². The predicted octanol–water partition coefficient (Wildman–Crippen LogP) is 1.23. The van der Waals surface area contributed by atoms with Crippen molar-refractivity contribution in [3.8, 4) is 0 Å². The highest BCUT2D eigenvalue weighted by Crippen LogP contribution is 2.36. The van der Waals surface area contributed by atoms with Gasteiger partial charge in [0, 0.05) is 24.7 Å². The summed E-state index contributed by atoms with van der Waals surface area (Å²) >= 11 is 0. The van der Waals surface area contributed by atoms with Crippen LogP contribution in [0.5, 0.6) is 0 Å². The van der Waals surface area contributed by atoms with E-state index in [0.29, 0.717) is 6.54 Å². The van der Waals surface area contributed by atoms with Crippen molar-refractivity contribution in [1.29, 1.82) is 0 Å². The summed E-state index contributed by atoms with van der Waals surface area (Å²) in [4.78, 5) is 0. The molecule has 1 heterocycles. The van der Waals surface area contributed by atoms with E-state index in [-0.39, 0.29) is 11.6 Å². The second-order valence-electron chi connectivity index (χ2n) is 6.13. The first-order chi connectivity index (χ1) is 8.97. The third-order valence-electron chi connectivity index (χ3n) is 4.06. The highest BCUT2D eigenvalue weighted by molar-refractivity contribution is 7.87. The maximum Gasteiger partial charge on any atom is 0.280 e. The van der Waals surface area contributed by atoms with Crippen LogP contribution in [0.25, 0.3) is 0 Å². The summed E-state index contributed by atoms with van der Waals surface area (Å²) in [6.45, 7) is 6.49. The van der Waals surface area contributed by atoms with Gasteiger partial charge in [-0.2, -0.15) is 17.4 Å². The molecule has 2 fully saturated rings. The van der Waals surface area contributed by atoms with Crippen LogP contribution < -0.4 is 10.0 Å². The molecule has 2 aliphatic rings. The lowest BCUT2D eigenvalue weighted by Crippen LogP contribution is -2.54. The Morgan fingerprint density at radius 1 is 1.32 bits per heavy atom. The molecule has 112 valence electrons. The summed E-state index contributed by atoms with van der Waals surface area (Å²) in [5.74, 6) is 0. The van der Waals surface area contributed by atoms with Crippen molar-refractivity contribution in [2.24, 2.45) is 0 Å². The molecule has 0 bridgehead atoms. The van der Waals surface area contributed by atoms with Crippen LogP contribution in [0.4, 0.5) is 0 Å². The van der Waals surface area contributed by atoms with Gasteiger partial charge in [0.2, 0.25) is 0 Å². The van der Waals surface area contributed by atoms with Crippen molar-refractivity contribution in [3.63, 3.8) is 0 Å². The van der Waals surface area contributed by atoms with Crippen LogP contribution >= 0.6 is 0 Å². The molecule has 19 heavy (non-hydrogen) atoms. The molecule has 0 aromatic carbocycles. The zero-order valence-electron chi connectivity index (χ0n) is 12.1. The highest BCUT2D eigenvalue weighted by Gasteiger charge is 2.44. The molecule has 2 rings (SSSR count). The van der Waals surface area contributed by atoms with E-state index in [9.17, 15) is 8.42 Å². The number of hydrogen-bond donors (Lipinski definition) is 2. The molecule has 0 aromatic rings. The Morgan fingerprint density at radius 2 is 2.05 bits per heavy atom. The number of nitrogens with one attached hydrogen (secondary N) is 2. The minimum atomic E-state index is -3.32. The average Bonchev–Trinajstić information content (AvgIpc) is 3.06. The first-order valence-electron chi connectivity index (χ1n) is 7.48. The van der Waals surface area contributed by atoms with Gasteiger partial charge in [-0.3, -0.25) is 0 Å². The van der Waals surface area contributed by atoms with E-state index in [4.69, 9.17) is 0 Å². The van der Waals surface area contributed by atoms with Crippen molar-refractivity contribution in [2.75, 3.05) is 19.6 Å². The summed E-state index contributed by atoms with van der Waals surface area (Å²) in [6, 6.07) is 0.111. The van der Waals surface area contributed by atoms with Crippen molar-refractivity contribution in [3.05, 3.63) is 0 Å². The molecule has 1 aliphatic carbocycles. The third-order valence-corrected chi connectivity index (χ3v) is 5.91. The SMILES string of the molecule is CCCNCC1CCCCN1S(=O)(=O)NC1(C)CC1. The maximum atomic E-state index is 12.5. The monoisotopic (exact) mass is 289 g/mol. The van der Waals surface area contributed by atoms with E-state index in [1.54, 1.807) is 4.31 Å². The van der Waals surface area contributed by atoms with Crippen molar-refractivity contribution in [1.82, 2.24) is 14.3 Å². The fourth-order valence-electron chi connectivity index (χ4n) is 2.60. The van der Waals surface area contributed by atoms with Crippen molar-refractivity contribution < 1.29 is 8.42 Å². The molecule has 0 aromatic heterocycles. The van der Waals surface area contributed by atoms with E-state index < -0.39 is 10.2 Å². The van der Waals surface area contributed by atoms with E-state index >= 15 is 0 Å². The van der Waals surface area contributed by atoms with E-state index in [2.05, 4.69) is 17.0 Å². The summed E-state index contributed by atoms with van der Waals surface area (Å²) < 4.78 is 29.5. The number of rotatable bonds is 7. The van der Waals surface area contributed by atoms with Crippen LogP contribution in [0.2, 0.25) is 0 Å². The van der Waals surface area contributed by atoms with E-state index in [1.165, 1.54) is 0 Å². The Labute approximate surface area is 117 Å². The topological polar surface area (TPSA) is 61.4 Å². The lowest BCUT2D eigenvalue weighted by molar-refractivity contribution is 0.241. The Balaban J connectivity index is 1.97. The molecule has 1 aliphatic heterocycles. The molecule has 1 unspecified atom stereocenters. The Kier molecular flexibility index (Phi) is 4.87. The smallest absolute Gasteiger partial charge is 0.280 e. The third kappa shape index (κ3) is 4.15. The van der Waals surface area contributed by atoms with Gasteiger partial charge in [-0.1, -0.05) is 13.3 Å². The van der Waals surface area contributed by atoms with Gasteiger partial charge in [-0.25, -0.2) is 0 Å². The Morgan fingerprint density at radius 3 is 2.68 bits per heavy atom. The molecule has 1 atom stereocenters. The molecule has 1 saturated carbocycles. The first kappa shape index (κ1) is 15.2. The van der Waals surface area contributed by atoms with E-state index in [1.807, 2.05) is 6.92 Å². The molecular formula is C13H27N3O2S. The van der Waals surface area contributed by atoms with Gasteiger partial charge in [0.05, 0.1) is 0 Å². The zero-order chi connectivity index (χ0) is 13.9. The van der Waals surface area contributed by atoms with Crippen molar-refractivity contribution >= 4 is 10.2 Å². The molecule has 0 amide bonds. The summed E-state index contributed by atoms with van der Waals surface area (Å²) in [5, 5.41) is 3.35. The van der Waals surface area contributed by atoms with E-state index in [0.717, 1.165) is 51.6 Å². The van der Waals surface area contributed by atoms with Crippen LogP contribution in [0.3, 0.4) is 0 Å². The minimum absolute atomic E-state index is 0.111. The highest BCUT2D eigenvalue weighted by atomic mass is 32.2. The van der Waals surface area contributed by atoms with Crippen LogP contribution in [0, 0.1) is 0 Å². The summed E-state index contributed by atoms with van der Waals surface area (Å²) in [5.41, 5.74) is -0.183. The molecule has 5 nitrogen and oxygen atoms in total. The first-order valence-corrected chi connectivity index (χ1v) is 8.92. The summed E-state index contributed by atoms with van der Waals surface area (Å²) in [6.07, 6.45) is 6.06. The van der Waals surface area contributed by atoms with Gasteiger partial charge < -0.3 is 5.32 Å². The second-order valence-corrected chi connectivity index (χ2v) is 7.76. The van der Waals surface area contributed by atoms with Gasteiger partial charge in [-0.05, 0) is 45.6 Å².